The standard InChI is InChI=1S/C26H25N3O2S.ClH/c27-13-3-6-17-7-4-14-28(17)29-25(30)20-10-9-18-19(24(20)26(29)31)11-12-23-21(18)15-16-5-1-2-8-22(16)32-23;/h1-2,5,8-12,17H,3-4,6-7,13-15,27H2;1H. The Kier molecular flexibility index (Phi) is 5.95. The quantitative estimate of drug-likeness (QED) is 0.416. The summed E-state index contributed by atoms with van der Waals surface area (Å²) in [7, 11) is 0. The van der Waals surface area contributed by atoms with E-state index >= 15 is 0 Å². The number of rotatable bonds is 4. The zero-order valence-electron chi connectivity index (χ0n) is 18.3. The second kappa shape index (κ2) is 8.76. The van der Waals surface area contributed by atoms with Crippen LogP contribution in [0.5, 0.6) is 0 Å². The minimum Gasteiger partial charge on any atom is -0.330 e. The zero-order valence-corrected chi connectivity index (χ0v) is 19.9. The van der Waals surface area contributed by atoms with Crippen LogP contribution in [0.1, 0.15) is 57.5 Å². The van der Waals surface area contributed by atoms with E-state index in [1.807, 2.05) is 23.2 Å². The van der Waals surface area contributed by atoms with Crippen LogP contribution < -0.4 is 5.73 Å². The van der Waals surface area contributed by atoms with E-state index in [2.05, 4.69) is 30.3 Å². The largest absolute Gasteiger partial charge is 0.330 e. The van der Waals surface area contributed by atoms with E-state index in [4.69, 9.17) is 5.73 Å². The van der Waals surface area contributed by atoms with Crippen LogP contribution in [0.2, 0.25) is 0 Å². The van der Waals surface area contributed by atoms with Crippen molar-refractivity contribution in [3.63, 3.8) is 0 Å². The number of hydrazine groups is 1. The molecule has 0 aromatic heterocycles. The van der Waals surface area contributed by atoms with E-state index in [1.165, 1.54) is 25.9 Å². The summed E-state index contributed by atoms with van der Waals surface area (Å²) in [4.78, 5) is 29.5. The number of hydrogen-bond acceptors (Lipinski definition) is 5. The van der Waals surface area contributed by atoms with Crippen LogP contribution in [0, 0.1) is 0 Å². The lowest BCUT2D eigenvalue weighted by Gasteiger charge is -2.31. The first-order valence-corrected chi connectivity index (χ1v) is 12.2. The van der Waals surface area contributed by atoms with Crippen LogP contribution in [0.25, 0.3) is 10.8 Å². The third-order valence-electron chi connectivity index (χ3n) is 7.00. The molecule has 1 fully saturated rings. The minimum absolute atomic E-state index is 0. The first kappa shape index (κ1) is 22.4. The molecule has 3 aromatic carbocycles. The summed E-state index contributed by atoms with van der Waals surface area (Å²) in [5.41, 5.74) is 9.34. The molecule has 0 radical (unpaired) electrons. The highest BCUT2D eigenvalue weighted by molar-refractivity contribution is 7.99. The summed E-state index contributed by atoms with van der Waals surface area (Å²) in [5.74, 6) is -0.372. The van der Waals surface area contributed by atoms with Crippen LogP contribution >= 0.6 is 24.2 Å². The van der Waals surface area contributed by atoms with Crippen molar-refractivity contribution in [2.24, 2.45) is 5.73 Å². The van der Waals surface area contributed by atoms with Crippen molar-refractivity contribution in [2.45, 2.75) is 47.9 Å². The van der Waals surface area contributed by atoms with Gasteiger partial charge in [-0.25, -0.2) is 10.0 Å². The molecule has 0 aliphatic carbocycles. The van der Waals surface area contributed by atoms with Crippen molar-refractivity contribution in [3.05, 3.63) is 70.8 Å². The van der Waals surface area contributed by atoms with E-state index < -0.39 is 0 Å². The molecular weight excluding hydrogens is 454 g/mol. The van der Waals surface area contributed by atoms with Crippen LogP contribution in [-0.2, 0) is 6.42 Å². The number of imide groups is 1. The number of halogens is 1. The van der Waals surface area contributed by atoms with Gasteiger partial charge in [-0.15, -0.1) is 12.4 Å². The Bertz CT molecular complexity index is 1280. The Morgan fingerprint density at radius 3 is 2.64 bits per heavy atom. The van der Waals surface area contributed by atoms with Crippen LogP contribution in [0.15, 0.2) is 58.3 Å². The summed E-state index contributed by atoms with van der Waals surface area (Å²) in [6, 6.07) is 16.7. The number of benzene rings is 3. The smallest absolute Gasteiger partial charge is 0.276 e. The van der Waals surface area contributed by atoms with Crippen molar-refractivity contribution >= 4 is 46.8 Å². The van der Waals surface area contributed by atoms with Crippen molar-refractivity contribution in [2.75, 3.05) is 13.1 Å². The molecule has 7 heteroatoms. The highest BCUT2D eigenvalue weighted by atomic mass is 35.5. The van der Waals surface area contributed by atoms with Gasteiger partial charge in [0.2, 0.25) is 0 Å². The number of carbonyl (C=O) groups is 2. The SMILES string of the molecule is Cl.NCCCC1CCCN1N1C(=O)c2ccc3c4c(ccc3c2C1=O)Sc1ccccc1C4. The van der Waals surface area contributed by atoms with Gasteiger partial charge in [0.25, 0.3) is 11.8 Å². The second-order valence-corrected chi connectivity index (χ2v) is 9.91. The van der Waals surface area contributed by atoms with Gasteiger partial charge in [0, 0.05) is 28.8 Å². The molecule has 3 heterocycles. The van der Waals surface area contributed by atoms with Gasteiger partial charge in [-0.2, -0.15) is 0 Å². The third kappa shape index (κ3) is 3.48. The lowest BCUT2D eigenvalue weighted by molar-refractivity contribution is -0.00642. The summed E-state index contributed by atoms with van der Waals surface area (Å²) < 4.78 is 0. The van der Waals surface area contributed by atoms with Gasteiger partial charge in [0.05, 0.1) is 11.1 Å². The van der Waals surface area contributed by atoms with Gasteiger partial charge < -0.3 is 5.73 Å². The average molecular weight is 480 g/mol. The summed E-state index contributed by atoms with van der Waals surface area (Å²) in [6.07, 6.45) is 4.65. The van der Waals surface area contributed by atoms with Crippen molar-refractivity contribution in [1.29, 1.82) is 0 Å². The van der Waals surface area contributed by atoms with Crippen LogP contribution in [0.4, 0.5) is 0 Å². The van der Waals surface area contributed by atoms with Gasteiger partial charge in [-0.05, 0) is 72.3 Å². The monoisotopic (exact) mass is 479 g/mol. The minimum atomic E-state index is -0.191. The first-order chi connectivity index (χ1) is 15.7. The number of fused-ring (bicyclic) bond motifs is 6. The Balaban J connectivity index is 0.00000228. The van der Waals surface area contributed by atoms with Crippen molar-refractivity contribution in [3.8, 4) is 0 Å². The molecule has 3 aliphatic rings. The van der Waals surface area contributed by atoms with Gasteiger partial charge in [0.1, 0.15) is 0 Å². The predicted octanol–water partition coefficient (Wildman–Crippen LogP) is 5.03. The highest BCUT2D eigenvalue weighted by Gasteiger charge is 2.44. The fourth-order valence-electron chi connectivity index (χ4n) is 5.47. The number of nitrogens with two attached hydrogens (primary N) is 1. The maximum absolute atomic E-state index is 13.6. The molecule has 33 heavy (non-hydrogen) atoms. The molecule has 1 saturated heterocycles. The maximum atomic E-state index is 13.6. The fourth-order valence-corrected chi connectivity index (χ4v) is 6.57. The van der Waals surface area contributed by atoms with Crippen LogP contribution in [-0.4, -0.2) is 41.0 Å². The highest BCUT2D eigenvalue weighted by Crippen LogP contribution is 2.44. The zero-order chi connectivity index (χ0) is 21.8. The fraction of sp³-hybridized carbons (Fsp3) is 0.308. The average Bonchev–Trinajstić information content (AvgIpc) is 3.37. The van der Waals surface area contributed by atoms with Gasteiger partial charge in [-0.1, -0.05) is 42.1 Å². The normalized spacial score (nSPS) is 19.4. The maximum Gasteiger partial charge on any atom is 0.276 e. The lowest BCUT2D eigenvalue weighted by Crippen LogP contribution is -2.48. The van der Waals surface area contributed by atoms with E-state index in [1.54, 1.807) is 11.8 Å². The first-order valence-electron chi connectivity index (χ1n) is 11.4. The molecule has 0 bridgehead atoms. The van der Waals surface area contributed by atoms with E-state index in [0.29, 0.717) is 17.7 Å². The third-order valence-corrected chi connectivity index (χ3v) is 8.22. The number of hydrogen-bond donors (Lipinski definition) is 1. The molecule has 5 nitrogen and oxygen atoms in total. The van der Waals surface area contributed by atoms with E-state index in [0.717, 1.165) is 49.4 Å². The molecular formula is C26H26ClN3O2S. The summed E-state index contributed by atoms with van der Waals surface area (Å²) >= 11 is 1.78. The van der Waals surface area contributed by atoms with Crippen LogP contribution in [0.3, 0.4) is 0 Å². The Morgan fingerprint density at radius 1 is 0.970 bits per heavy atom. The Labute approximate surface area is 203 Å². The molecule has 3 aliphatic heterocycles. The lowest BCUT2D eigenvalue weighted by atomic mass is 9.93. The molecule has 2 amide bonds. The Hall–Kier alpha value is -2.38. The topological polar surface area (TPSA) is 66.6 Å². The van der Waals surface area contributed by atoms with Gasteiger partial charge in [-0.3, -0.25) is 9.59 Å². The molecule has 0 saturated carbocycles. The summed E-state index contributed by atoms with van der Waals surface area (Å²) in [6.45, 7) is 1.37. The molecule has 1 unspecified atom stereocenters. The van der Waals surface area contributed by atoms with E-state index in [-0.39, 0.29) is 30.3 Å². The molecule has 2 N–H and O–H groups in total. The number of carbonyl (C=O) groups excluding carboxylic acids is 2. The molecule has 6 rings (SSSR count). The molecule has 170 valence electrons. The van der Waals surface area contributed by atoms with Gasteiger partial charge in [0.15, 0.2) is 0 Å². The second-order valence-electron chi connectivity index (χ2n) is 8.82. The molecule has 1 atom stereocenters. The van der Waals surface area contributed by atoms with Crippen molar-refractivity contribution < 1.29 is 9.59 Å². The Morgan fingerprint density at radius 2 is 1.79 bits per heavy atom. The number of amides is 2. The molecule has 3 aromatic rings. The van der Waals surface area contributed by atoms with Gasteiger partial charge >= 0.3 is 0 Å². The van der Waals surface area contributed by atoms with E-state index in [9.17, 15) is 9.59 Å². The number of nitrogens with zero attached hydrogens (tertiary/aromatic N) is 2. The summed E-state index contributed by atoms with van der Waals surface area (Å²) in [5, 5.41) is 5.38. The van der Waals surface area contributed by atoms with Crippen molar-refractivity contribution in [1.82, 2.24) is 10.0 Å². The molecule has 0 spiro atoms. The predicted molar refractivity (Wildman–Crippen MR) is 133 cm³/mol.